The summed E-state index contributed by atoms with van der Waals surface area (Å²) in [5, 5.41) is 2.82. The van der Waals surface area contributed by atoms with E-state index in [0.29, 0.717) is 22.3 Å². The highest BCUT2D eigenvalue weighted by atomic mass is 31.2. The first-order valence-electron chi connectivity index (χ1n) is 11.6. The van der Waals surface area contributed by atoms with Crippen molar-refractivity contribution in [3.05, 3.63) is 68.8 Å². The van der Waals surface area contributed by atoms with Gasteiger partial charge in [-0.15, -0.1) is 0 Å². The van der Waals surface area contributed by atoms with E-state index in [0.717, 1.165) is 43.2 Å². The summed E-state index contributed by atoms with van der Waals surface area (Å²) in [4.78, 5) is 41.3. The van der Waals surface area contributed by atoms with Crippen LogP contribution in [0, 0.1) is 41.5 Å². The minimum atomic E-state index is -4.67. The molecule has 1 N–H and O–H groups in total. The Morgan fingerprint density at radius 1 is 0.697 bits per heavy atom. The molecule has 2 aromatic rings. The Morgan fingerprint density at radius 2 is 1.06 bits per heavy atom. The van der Waals surface area contributed by atoms with Gasteiger partial charge in [-0.3, -0.25) is 18.9 Å². The predicted octanol–water partition coefficient (Wildman–Crippen LogP) is 6.92. The maximum Gasteiger partial charge on any atom is 0.303 e. The number of aryl methyl sites for hydroxylation is 6. The molecule has 0 aliphatic heterocycles. The van der Waals surface area contributed by atoms with Gasteiger partial charge >= 0.3 is 7.14 Å². The van der Waals surface area contributed by atoms with Crippen molar-refractivity contribution < 1.29 is 18.9 Å². The monoisotopic (exact) mass is 467 g/mol. The second kappa shape index (κ2) is 9.77. The van der Waals surface area contributed by atoms with Crippen LogP contribution in [-0.2, 0) is 4.57 Å². The lowest BCUT2D eigenvalue weighted by atomic mass is 9.96. The number of rotatable bonds is 6. The average Bonchev–Trinajstić information content (AvgIpc) is 2.72. The molecular weight excluding hydrogens is 433 g/mol. The zero-order valence-electron chi connectivity index (χ0n) is 20.5. The highest BCUT2D eigenvalue weighted by Gasteiger charge is 2.50. The molecule has 3 rings (SSSR count). The van der Waals surface area contributed by atoms with Gasteiger partial charge in [-0.2, -0.15) is 0 Å². The molecule has 0 unspecified atom stereocenters. The molecule has 2 aromatic carbocycles. The van der Waals surface area contributed by atoms with Crippen LogP contribution in [0.5, 0.6) is 0 Å². The van der Waals surface area contributed by atoms with E-state index in [4.69, 9.17) is 0 Å². The third-order valence-electron chi connectivity index (χ3n) is 6.57. The van der Waals surface area contributed by atoms with Gasteiger partial charge in [0, 0.05) is 17.2 Å². The summed E-state index contributed by atoms with van der Waals surface area (Å²) in [6, 6.07) is 7.10. The van der Waals surface area contributed by atoms with Crippen molar-refractivity contribution in [1.29, 1.82) is 0 Å². The van der Waals surface area contributed by atoms with Gasteiger partial charge in [0.25, 0.3) is 5.65 Å². The number of amides is 1. The molecule has 1 fully saturated rings. The van der Waals surface area contributed by atoms with Gasteiger partial charge in [0.1, 0.15) is 0 Å². The number of hydrogen-bond acceptors (Lipinski definition) is 4. The maximum absolute atomic E-state index is 14.5. The fourth-order valence-electron chi connectivity index (χ4n) is 5.14. The Balaban J connectivity index is 2.16. The molecule has 5 nitrogen and oxygen atoms in total. The number of carbonyl (C=O) groups is 3. The Bertz CT molecular complexity index is 1060. The van der Waals surface area contributed by atoms with E-state index in [1.165, 1.54) is 0 Å². The summed E-state index contributed by atoms with van der Waals surface area (Å²) >= 11 is 0. The summed E-state index contributed by atoms with van der Waals surface area (Å²) in [6.07, 6.45) is 4.54. The topological polar surface area (TPSA) is 80.3 Å². The summed E-state index contributed by atoms with van der Waals surface area (Å²) in [5.41, 5.74) is 2.15. The van der Waals surface area contributed by atoms with E-state index in [9.17, 15) is 18.9 Å². The minimum absolute atomic E-state index is 0.166. The fourth-order valence-corrected chi connectivity index (χ4v) is 7.39. The van der Waals surface area contributed by atoms with Crippen LogP contribution < -0.4 is 5.32 Å². The Morgan fingerprint density at radius 3 is 1.42 bits per heavy atom. The number of carbonyl (C=O) groups excluding carboxylic acids is 3. The fraction of sp³-hybridized carbons (Fsp3) is 0.444. The van der Waals surface area contributed by atoms with Crippen LogP contribution in [0.4, 0.5) is 4.79 Å². The summed E-state index contributed by atoms with van der Waals surface area (Å²) in [5.74, 6) is 0. The molecule has 1 saturated carbocycles. The molecule has 176 valence electrons. The van der Waals surface area contributed by atoms with Gasteiger partial charge in [-0.25, -0.2) is 0 Å². The van der Waals surface area contributed by atoms with E-state index < -0.39 is 23.8 Å². The van der Waals surface area contributed by atoms with Crippen LogP contribution in [0.25, 0.3) is 0 Å². The second-order valence-electron chi connectivity index (χ2n) is 9.55. The van der Waals surface area contributed by atoms with E-state index in [-0.39, 0.29) is 17.2 Å². The van der Waals surface area contributed by atoms with Gasteiger partial charge in [-0.05, 0) is 76.6 Å². The molecular formula is C27H34NO4P. The molecule has 1 aliphatic rings. The highest BCUT2D eigenvalue weighted by molar-refractivity contribution is 8.07. The lowest BCUT2D eigenvalue weighted by Gasteiger charge is -2.26. The third kappa shape index (κ3) is 4.89. The molecule has 0 spiro atoms. The predicted molar refractivity (Wildman–Crippen MR) is 133 cm³/mol. The van der Waals surface area contributed by atoms with Crippen LogP contribution in [0.3, 0.4) is 0 Å². The van der Waals surface area contributed by atoms with Crippen molar-refractivity contribution in [2.75, 3.05) is 0 Å². The Labute approximate surface area is 196 Å². The zero-order chi connectivity index (χ0) is 24.5. The van der Waals surface area contributed by atoms with Crippen molar-refractivity contribution >= 4 is 23.8 Å². The van der Waals surface area contributed by atoms with E-state index >= 15 is 0 Å². The standard InChI is InChI=1S/C27H34NO4P/c1-16-12-18(3)23(19(4)13-16)25(29)33(32,27(31)28-22-10-8-7-9-11-22)26(30)24-20(5)14-17(2)15-21(24)6/h12-15,22H,7-11H2,1-6H3,(H,28,31). The lowest BCUT2D eigenvalue weighted by molar-refractivity contribution is 0.103. The van der Waals surface area contributed by atoms with Crippen molar-refractivity contribution in [2.24, 2.45) is 0 Å². The number of hydrogen-bond donors (Lipinski definition) is 1. The van der Waals surface area contributed by atoms with Crippen LogP contribution in [0.1, 0.15) is 86.2 Å². The number of nitrogens with one attached hydrogen (secondary N) is 1. The third-order valence-corrected chi connectivity index (χ3v) is 8.86. The molecule has 6 heteroatoms. The Kier molecular flexibility index (Phi) is 7.43. The first-order valence-corrected chi connectivity index (χ1v) is 13.3. The van der Waals surface area contributed by atoms with Gasteiger partial charge in [0.15, 0.2) is 0 Å². The van der Waals surface area contributed by atoms with E-state index in [2.05, 4.69) is 5.32 Å². The maximum atomic E-state index is 14.5. The summed E-state index contributed by atoms with van der Waals surface area (Å²) < 4.78 is 14.5. The summed E-state index contributed by atoms with van der Waals surface area (Å²) in [7, 11) is -4.67. The molecule has 1 aliphatic carbocycles. The van der Waals surface area contributed by atoms with Gasteiger partial charge < -0.3 is 5.32 Å². The van der Waals surface area contributed by atoms with Gasteiger partial charge in [0.05, 0.1) is 0 Å². The molecule has 0 aromatic heterocycles. The van der Waals surface area contributed by atoms with Crippen LogP contribution in [0.15, 0.2) is 24.3 Å². The van der Waals surface area contributed by atoms with Crippen molar-refractivity contribution in [2.45, 2.75) is 79.7 Å². The van der Waals surface area contributed by atoms with Crippen molar-refractivity contribution in [1.82, 2.24) is 5.32 Å². The van der Waals surface area contributed by atoms with Gasteiger partial charge in [0.2, 0.25) is 11.0 Å². The van der Waals surface area contributed by atoms with Crippen LogP contribution in [-0.4, -0.2) is 22.7 Å². The van der Waals surface area contributed by atoms with Gasteiger partial charge in [-0.1, -0.05) is 54.7 Å². The zero-order valence-corrected chi connectivity index (χ0v) is 21.4. The van der Waals surface area contributed by atoms with E-state index in [1.54, 1.807) is 27.7 Å². The molecule has 0 atom stereocenters. The summed E-state index contributed by atoms with van der Waals surface area (Å²) in [6.45, 7) is 10.8. The smallest absolute Gasteiger partial charge is 0.303 e. The normalized spacial score (nSPS) is 14.7. The molecule has 33 heavy (non-hydrogen) atoms. The van der Waals surface area contributed by atoms with E-state index in [1.807, 2.05) is 38.1 Å². The van der Waals surface area contributed by atoms with Crippen molar-refractivity contribution in [3.8, 4) is 0 Å². The molecule has 0 saturated heterocycles. The quantitative estimate of drug-likeness (QED) is 0.468. The van der Waals surface area contributed by atoms with Crippen LogP contribution in [0.2, 0.25) is 0 Å². The first-order chi connectivity index (χ1) is 15.5. The SMILES string of the molecule is Cc1cc(C)c(C(=O)P(=O)(C(=O)NC2CCCCC2)C(=O)c2c(C)cc(C)cc2C)c(C)c1. The number of benzene rings is 2. The molecule has 0 bridgehead atoms. The molecule has 0 heterocycles. The highest BCUT2D eigenvalue weighted by Crippen LogP contribution is 2.54. The second-order valence-corrected chi connectivity index (χ2v) is 12.0. The first kappa shape index (κ1) is 25.1. The minimum Gasteiger partial charge on any atom is -0.346 e. The average molecular weight is 468 g/mol. The lowest BCUT2D eigenvalue weighted by Crippen LogP contribution is -2.38. The molecule has 0 radical (unpaired) electrons. The Hall–Kier alpha value is -2.52. The molecule has 1 amide bonds. The van der Waals surface area contributed by atoms with Crippen LogP contribution >= 0.6 is 7.14 Å². The van der Waals surface area contributed by atoms with Crippen molar-refractivity contribution in [3.63, 3.8) is 0 Å². The largest absolute Gasteiger partial charge is 0.346 e.